The molecule has 0 spiro atoms. The maximum absolute atomic E-state index is 3.70. The fraction of sp³-hybridized carbons (Fsp3) is 0.765. The van der Waals surface area contributed by atoms with Crippen LogP contribution in [0.3, 0.4) is 0 Å². The van der Waals surface area contributed by atoms with Crippen molar-refractivity contribution in [3.8, 4) is 0 Å². The highest BCUT2D eigenvalue weighted by molar-refractivity contribution is 7.10. The summed E-state index contributed by atoms with van der Waals surface area (Å²) in [6.07, 6.45) is 7.07. The lowest BCUT2D eigenvalue weighted by Gasteiger charge is -2.26. The van der Waals surface area contributed by atoms with Gasteiger partial charge in [-0.1, -0.05) is 33.1 Å². The first kappa shape index (κ1) is 15.1. The van der Waals surface area contributed by atoms with Gasteiger partial charge in [-0.15, -0.1) is 11.3 Å². The summed E-state index contributed by atoms with van der Waals surface area (Å²) < 4.78 is 0. The summed E-state index contributed by atoms with van der Waals surface area (Å²) in [5.41, 5.74) is 1.64. The molecule has 0 radical (unpaired) electrons. The van der Waals surface area contributed by atoms with Crippen LogP contribution in [-0.4, -0.2) is 13.1 Å². The summed E-state index contributed by atoms with van der Waals surface area (Å²) in [6, 6.07) is 2.38. The average Bonchev–Trinajstić information content (AvgIpc) is 2.65. The van der Waals surface area contributed by atoms with Gasteiger partial charge in [-0.05, 0) is 67.6 Å². The van der Waals surface area contributed by atoms with Crippen molar-refractivity contribution in [2.24, 2.45) is 11.8 Å². The number of rotatable bonds is 5. The van der Waals surface area contributed by atoms with Crippen molar-refractivity contribution in [2.75, 3.05) is 13.1 Å². The molecule has 0 bridgehead atoms. The number of hydrogen-bond donors (Lipinski definition) is 1. The van der Waals surface area contributed by atoms with E-state index in [0.29, 0.717) is 0 Å². The molecular weight excluding hydrogens is 250 g/mol. The maximum atomic E-state index is 3.70. The number of thiophene rings is 1. The SMILES string of the molecule is Cc1sccc1C1CCCCCC1CNCC(C)C. The first-order valence-corrected chi connectivity index (χ1v) is 8.81. The molecule has 0 aliphatic heterocycles. The zero-order valence-electron chi connectivity index (χ0n) is 12.7. The highest BCUT2D eigenvalue weighted by Gasteiger charge is 2.26. The normalized spacial score (nSPS) is 24.6. The molecule has 1 aliphatic carbocycles. The van der Waals surface area contributed by atoms with Crippen LogP contribution < -0.4 is 5.32 Å². The number of hydrogen-bond acceptors (Lipinski definition) is 2. The first-order chi connectivity index (χ1) is 9.18. The molecule has 0 aromatic carbocycles. The topological polar surface area (TPSA) is 12.0 Å². The predicted molar refractivity (Wildman–Crippen MR) is 86.1 cm³/mol. The van der Waals surface area contributed by atoms with E-state index in [9.17, 15) is 0 Å². The summed E-state index contributed by atoms with van der Waals surface area (Å²) in [5, 5.41) is 5.97. The minimum atomic E-state index is 0.757. The standard InChI is InChI=1S/C17H29NS/c1-13(2)11-18-12-15-7-5-4-6-8-17(15)16-9-10-19-14(16)3/h9-10,13,15,17-18H,4-8,11-12H2,1-3H3. The molecule has 1 fully saturated rings. The Bertz CT molecular complexity index is 369. The Balaban J connectivity index is 2.01. The Hall–Kier alpha value is -0.340. The van der Waals surface area contributed by atoms with Gasteiger partial charge in [0.15, 0.2) is 0 Å². The van der Waals surface area contributed by atoms with E-state index >= 15 is 0 Å². The average molecular weight is 279 g/mol. The second kappa shape index (κ2) is 7.44. The van der Waals surface area contributed by atoms with E-state index < -0.39 is 0 Å². The largest absolute Gasteiger partial charge is 0.316 e. The van der Waals surface area contributed by atoms with Crippen molar-refractivity contribution in [3.63, 3.8) is 0 Å². The lowest BCUT2D eigenvalue weighted by molar-refractivity contribution is 0.366. The molecule has 1 nitrogen and oxygen atoms in total. The van der Waals surface area contributed by atoms with Crippen LogP contribution >= 0.6 is 11.3 Å². The van der Waals surface area contributed by atoms with Crippen molar-refractivity contribution in [1.29, 1.82) is 0 Å². The van der Waals surface area contributed by atoms with Crippen molar-refractivity contribution >= 4 is 11.3 Å². The van der Waals surface area contributed by atoms with Gasteiger partial charge in [0.25, 0.3) is 0 Å². The highest BCUT2D eigenvalue weighted by atomic mass is 32.1. The molecule has 2 atom stereocenters. The van der Waals surface area contributed by atoms with Crippen LogP contribution in [0.4, 0.5) is 0 Å². The minimum absolute atomic E-state index is 0.757. The Morgan fingerprint density at radius 2 is 2.05 bits per heavy atom. The van der Waals surface area contributed by atoms with E-state index in [-0.39, 0.29) is 0 Å². The highest BCUT2D eigenvalue weighted by Crippen LogP contribution is 2.39. The summed E-state index contributed by atoms with van der Waals surface area (Å²) in [5.74, 6) is 2.40. The molecule has 0 saturated heterocycles. The van der Waals surface area contributed by atoms with Crippen LogP contribution in [0, 0.1) is 18.8 Å². The van der Waals surface area contributed by atoms with Gasteiger partial charge in [-0.3, -0.25) is 0 Å². The maximum Gasteiger partial charge on any atom is 0.00491 e. The molecule has 1 heterocycles. The van der Waals surface area contributed by atoms with Crippen LogP contribution in [0.1, 0.15) is 62.3 Å². The van der Waals surface area contributed by atoms with Crippen LogP contribution in [0.25, 0.3) is 0 Å². The zero-order chi connectivity index (χ0) is 13.7. The quantitative estimate of drug-likeness (QED) is 0.751. The second-order valence-electron chi connectivity index (χ2n) is 6.49. The van der Waals surface area contributed by atoms with Crippen LogP contribution in [0.15, 0.2) is 11.4 Å². The molecular formula is C17H29NS. The van der Waals surface area contributed by atoms with Gasteiger partial charge in [-0.2, -0.15) is 0 Å². The van der Waals surface area contributed by atoms with Crippen molar-refractivity contribution in [3.05, 3.63) is 21.9 Å². The Labute approximate surface area is 122 Å². The molecule has 2 rings (SSSR count). The van der Waals surface area contributed by atoms with Gasteiger partial charge >= 0.3 is 0 Å². The van der Waals surface area contributed by atoms with Crippen LogP contribution in [-0.2, 0) is 0 Å². The van der Waals surface area contributed by atoms with Gasteiger partial charge in [0.1, 0.15) is 0 Å². The summed E-state index contributed by atoms with van der Waals surface area (Å²) in [6.45, 7) is 9.24. The summed E-state index contributed by atoms with van der Waals surface area (Å²) >= 11 is 1.92. The number of nitrogens with one attached hydrogen (secondary N) is 1. The van der Waals surface area contributed by atoms with Crippen molar-refractivity contribution in [1.82, 2.24) is 5.32 Å². The Morgan fingerprint density at radius 3 is 2.74 bits per heavy atom. The molecule has 108 valence electrons. The molecule has 0 amide bonds. The summed E-state index contributed by atoms with van der Waals surface area (Å²) in [4.78, 5) is 1.54. The monoisotopic (exact) mass is 279 g/mol. The lowest BCUT2D eigenvalue weighted by atomic mass is 9.82. The van der Waals surface area contributed by atoms with E-state index in [0.717, 1.165) is 24.3 Å². The molecule has 2 unspecified atom stereocenters. The third-order valence-corrected chi connectivity index (χ3v) is 5.28. The molecule has 19 heavy (non-hydrogen) atoms. The predicted octanol–water partition coefficient (Wildman–Crippen LogP) is 4.97. The molecule has 2 heteroatoms. The van der Waals surface area contributed by atoms with E-state index in [1.165, 1.54) is 38.6 Å². The third-order valence-electron chi connectivity index (χ3n) is 4.42. The Morgan fingerprint density at radius 1 is 1.26 bits per heavy atom. The fourth-order valence-corrected chi connectivity index (χ4v) is 4.15. The van der Waals surface area contributed by atoms with E-state index in [1.807, 2.05) is 11.3 Å². The molecule has 1 saturated carbocycles. The molecule has 1 aromatic rings. The van der Waals surface area contributed by atoms with Gasteiger partial charge in [0.05, 0.1) is 0 Å². The zero-order valence-corrected chi connectivity index (χ0v) is 13.6. The van der Waals surface area contributed by atoms with Crippen molar-refractivity contribution in [2.45, 2.75) is 58.8 Å². The molecule has 1 aromatic heterocycles. The van der Waals surface area contributed by atoms with E-state index in [4.69, 9.17) is 0 Å². The van der Waals surface area contributed by atoms with Crippen LogP contribution in [0.5, 0.6) is 0 Å². The van der Waals surface area contributed by atoms with Gasteiger partial charge < -0.3 is 5.32 Å². The second-order valence-corrected chi connectivity index (χ2v) is 7.61. The third kappa shape index (κ3) is 4.32. The number of aryl methyl sites for hydroxylation is 1. The van der Waals surface area contributed by atoms with Gasteiger partial charge in [0.2, 0.25) is 0 Å². The smallest absolute Gasteiger partial charge is 0.00491 e. The van der Waals surface area contributed by atoms with Gasteiger partial charge in [-0.25, -0.2) is 0 Å². The fourth-order valence-electron chi connectivity index (χ4n) is 3.38. The van der Waals surface area contributed by atoms with E-state index in [1.54, 1.807) is 10.4 Å². The van der Waals surface area contributed by atoms with E-state index in [2.05, 4.69) is 37.5 Å². The minimum Gasteiger partial charge on any atom is -0.316 e. The Kier molecular flexibility index (Phi) is 5.90. The van der Waals surface area contributed by atoms with Gasteiger partial charge in [0, 0.05) is 4.88 Å². The molecule has 1 N–H and O–H groups in total. The first-order valence-electron chi connectivity index (χ1n) is 7.93. The summed E-state index contributed by atoms with van der Waals surface area (Å²) in [7, 11) is 0. The molecule has 1 aliphatic rings. The van der Waals surface area contributed by atoms with Crippen molar-refractivity contribution < 1.29 is 0 Å². The van der Waals surface area contributed by atoms with Crippen LogP contribution in [0.2, 0.25) is 0 Å². The lowest BCUT2D eigenvalue weighted by Crippen LogP contribution is -2.29.